The summed E-state index contributed by atoms with van der Waals surface area (Å²) in [7, 11) is 1.64. The van der Waals surface area contributed by atoms with Crippen LogP contribution in [0, 0.1) is 0 Å². The number of hydrogen-bond donors (Lipinski definition) is 0. The second-order valence-electron chi connectivity index (χ2n) is 4.85. The highest BCUT2D eigenvalue weighted by atomic mass is 16.5. The number of benzene rings is 2. The molecular weight excluding hydrogens is 250 g/mol. The largest absolute Gasteiger partial charge is 0.497 e. The summed E-state index contributed by atoms with van der Waals surface area (Å²) in [5.74, 6) is 0.700. The topological polar surface area (TPSA) is 29.5 Å². The van der Waals surface area contributed by atoms with Crippen molar-refractivity contribution in [3.05, 3.63) is 59.7 Å². The van der Waals surface area contributed by atoms with Gasteiger partial charge in [0, 0.05) is 12.2 Å². The molecule has 0 bridgehead atoms. The Balaban J connectivity index is 2.11. The molecule has 20 heavy (non-hydrogen) atoms. The highest BCUT2D eigenvalue weighted by Gasteiger charge is 2.37. The van der Waals surface area contributed by atoms with E-state index in [0.29, 0.717) is 6.54 Å². The van der Waals surface area contributed by atoms with Crippen LogP contribution in [0.25, 0.3) is 0 Å². The summed E-state index contributed by atoms with van der Waals surface area (Å²) in [4.78, 5) is 14.5. The van der Waals surface area contributed by atoms with Crippen LogP contribution in [-0.4, -0.2) is 19.6 Å². The van der Waals surface area contributed by atoms with E-state index in [-0.39, 0.29) is 11.8 Å². The van der Waals surface area contributed by atoms with Crippen LogP contribution in [0.15, 0.2) is 48.5 Å². The standard InChI is InChI=1S/C17H17NO2/c1-3-18-15-10-5-4-9-14(15)16(17(18)19)12-7-6-8-13(11-12)20-2/h4-11,16H,3H2,1-2H3. The minimum Gasteiger partial charge on any atom is -0.497 e. The van der Waals surface area contributed by atoms with Gasteiger partial charge in [-0.3, -0.25) is 4.79 Å². The fourth-order valence-corrected chi connectivity index (χ4v) is 2.85. The predicted octanol–water partition coefficient (Wildman–Crippen LogP) is 3.19. The normalized spacial score (nSPS) is 17.2. The summed E-state index contributed by atoms with van der Waals surface area (Å²) < 4.78 is 5.27. The lowest BCUT2D eigenvalue weighted by Gasteiger charge is -2.15. The van der Waals surface area contributed by atoms with Gasteiger partial charge in [0.25, 0.3) is 0 Å². The van der Waals surface area contributed by atoms with Crippen LogP contribution in [-0.2, 0) is 4.79 Å². The molecular formula is C17H17NO2. The first-order valence-electron chi connectivity index (χ1n) is 6.80. The van der Waals surface area contributed by atoms with Gasteiger partial charge in [-0.05, 0) is 36.2 Å². The van der Waals surface area contributed by atoms with Gasteiger partial charge in [0.05, 0.1) is 13.0 Å². The highest BCUT2D eigenvalue weighted by molar-refractivity contribution is 6.06. The van der Waals surface area contributed by atoms with Crippen LogP contribution >= 0.6 is 0 Å². The molecule has 0 fully saturated rings. The van der Waals surface area contributed by atoms with Gasteiger partial charge in [-0.15, -0.1) is 0 Å². The molecule has 102 valence electrons. The number of likely N-dealkylation sites (N-methyl/N-ethyl adjacent to an activating group) is 1. The fourth-order valence-electron chi connectivity index (χ4n) is 2.85. The van der Waals surface area contributed by atoms with E-state index in [2.05, 4.69) is 0 Å². The van der Waals surface area contributed by atoms with Crippen LogP contribution in [0.4, 0.5) is 5.69 Å². The van der Waals surface area contributed by atoms with E-state index in [1.807, 2.05) is 60.4 Å². The Hall–Kier alpha value is -2.29. The molecule has 0 saturated heterocycles. The lowest BCUT2D eigenvalue weighted by molar-refractivity contribution is -0.118. The lowest BCUT2D eigenvalue weighted by Crippen LogP contribution is -2.28. The maximum atomic E-state index is 12.7. The molecule has 1 atom stereocenters. The summed E-state index contributed by atoms with van der Waals surface area (Å²) in [6, 6.07) is 15.8. The van der Waals surface area contributed by atoms with Crippen molar-refractivity contribution >= 4 is 11.6 Å². The molecule has 1 heterocycles. The molecule has 1 amide bonds. The summed E-state index contributed by atoms with van der Waals surface area (Å²) >= 11 is 0. The van der Waals surface area contributed by atoms with Gasteiger partial charge in [0.15, 0.2) is 0 Å². The maximum absolute atomic E-state index is 12.7. The van der Waals surface area contributed by atoms with Crippen molar-refractivity contribution in [2.75, 3.05) is 18.6 Å². The van der Waals surface area contributed by atoms with Gasteiger partial charge < -0.3 is 9.64 Å². The van der Waals surface area contributed by atoms with E-state index in [1.165, 1.54) is 0 Å². The predicted molar refractivity (Wildman–Crippen MR) is 79.3 cm³/mol. The maximum Gasteiger partial charge on any atom is 0.239 e. The molecule has 3 heteroatoms. The second kappa shape index (κ2) is 5.00. The van der Waals surface area contributed by atoms with Crippen molar-refractivity contribution < 1.29 is 9.53 Å². The first-order chi connectivity index (χ1) is 9.76. The Bertz CT molecular complexity index is 651. The third-order valence-electron chi connectivity index (χ3n) is 3.79. The Labute approximate surface area is 118 Å². The number of fused-ring (bicyclic) bond motifs is 1. The minimum atomic E-state index is -0.221. The average Bonchev–Trinajstić information content (AvgIpc) is 2.78. The molecule has 0 saturated carbocycles. The van der Waals surface area contributed by atoms with Crippen molar-refractivity contribution in [3.63, 3.8) is 0 Å². The molecule has 0 spiro atoms. The molecule has 0 N–H and O–H groups in total. The number of ether oxygens (including phenoxy) is 1. The number of methoxy groups -OCH3 is 1. The summed E-state index contributed by atoms with van der Waals surface area (Å²) in [5.41, 5.74) is 3.08. The van der Waals surface area contributed by atoms with Crippen LogP contribution in [0.3, 0.4) is 0 Å². The van der Waals surface area contributed by atoms with Crippen molar-refractivity contribution in [2.24, 2.45) is 0 Å². The Morgan fingerprint density at radius 3 is 2.70 bits per heavy atom. The number of rotatable bonds is 3. The fraction of sp³-hybridized carbons (Fsp3) is 0.235. The molecule has 3 nitrogen and oxygen atoms in total. The van der Waals surface area contributed by atoms with E-state index in [1.54, 1.807) is 7.11 Å². The van der Waals surface area contributed by atoms with E-state index in [4.69, 9.17) is 4.74 Å². The van der Waals surface area contributed by atoms with Crippen LogP contribution in [0.1, 0.15) is 24.0 Å². The lowest BCUT2D eigenvalue weighted by atomic mass is 9.92. The zero-order valence-electron chi connectivity index (χ0n) is 11.7. The van der Waals surface area contributed by atoms with Gasteiger partial charge in [-0.25, -0.2) is 0 Å². The van der Waals surface area contributed by atoms with E-state index in [9.17, 15) is 4.79 Å². The van der Waals surface area contributed by atoms with E-state index >= 15 is 0 Å². The first kappa shape index (κ1) is 12.7. The minimum absolute atomic E-state index is 0.141. The van der Waals surface area contributed by atoms with Gasteiger partial charge in [0.2, 0.25) is 5.91 Å². The van der Waals surface area contributed by atoms with E-state index < -0.39 is 0 Å². The molecule has 1 unspecified atom stereocenters. The Morgan fingerprint density at radius 2 is 1.95 bits per heavy atom. The molecule has 0 aliphatic carbocycles. The van der Waals surface area contributed by atoms with Crippen LogP contribution in [0.2, 0.25) is 0 Å². The molecule has 0 aromatic heterocycles. The third kappa shape index (κ3) is 1.86. The van der Waals surface area contributed by atoms with Gasteiger partial charge in [-0.1, -0.05) is 30.3 Å². The Morgan fingerprint density at radius 1 is 1.15 bits per heavy atom. The number of carbonyl (C=O) groups excluding carboxylic acids is 1. The van der Waals surface area contributed by atoms with Crippen LogP contribution in [0.5, 0.6) is 5.75 Å². The average molecular weight is 267 g/mol. The monoisotopic (exact) mass is 267 g/mol. The summed E-state index contributed by atoms with van der Waals surface area (Å²) in [6.07, 6.45) is 0. The second-order valence-corrected chi connectivity index (χ2v) is 4.85. The zero-order chi connectivity index (χ0) is 14.1. The highest BCUT2D eigenvalue weighted by Crippen LogP contribution is 2.41. The number of anilines is 1. The zero-order valence-corrected chi connectivity index (χ0v) is 11.7. The van der Waals surface area contributed by atoms with Crippen molar-refractivity contribution in [3.8, 4) is 5.75 Å². The van der Waals surface area contributed by atoms with Crippen molar-refractivity contribution in [1.29, 1.82) is 0 Å². The Kier molecular flexibility index (Phi) is 3.18. The summed E-state index contributed by atoms with van der Waals surface area (Å²) in [6.45, 7) is 2.69. The molecule has 1 aliphatic heterocycles. The smallest absolute Gasteiger partial charge is 0.239 e. The quantitative estimate of drug-likeness (QED) is 0.854. The molecule has 2 aromatic rings. The number of para-hydroxylation sites is 1. The number of amides is 1. The van der Waals surface area contributed by atoms with Crippen molar-refractivity contribution in [2.45, 2.75) is 12.8 Å². The van der Waals surface area contributed by atoms with Gasteiger partial charge in [-0.2, -0.15) is 0 Å². The summed E-state index contributed by atoms with van der Waals surface area (Å²) in [5, 5.41) is 0. The molecule has 0 radical (unpaired) electrons. The van der Waals surface area contributed by atoms with Gasteiger partial charge >= 0.3 is 0 Å². The molecule has 1 aliphatic rings. The van der Waals surface area contributed by atoms with Gasteiger partial charge in [0.1, 0.15) is 5.75 Å². The first-order valence-corrected chi connectivity index (χ1v) is 6.80. The van der Waals surface area contributed by atoms with Crippen molar-refractivity contribution in [1.82, 2.24) is 0 Å². The third-order valence-corrected chi connectivity index (χ3v) is 3.79. The number of nitrogens with zero attached hydrogens (tertiary/aromatic N) is 1. The SMILES string of the molecule is CCN1C(=O)C(c2cccc(OC)c2)c2ccccc21. The number of hydrogen-bond acceptors (Lipinski definition) is 2. The number of carbonyl (C=O) groups is 1. The molecule has 2 aromatic carbocycles. The van der Waals surface area contributed by atoms with E-state index in [0.717, 1.165) is 22.6 Å². The van der Waals surface area contributed by atoms with Crippen LogP contribution < -0.4 is 9.64 Å². The molecule has 3 rings (SSSR count).